The van der Waals surface area contributed by atoms with Crippen molar-refractivity contribution in [2.45, 2.75) is 112 Å². The first-order chi connectivity index (χ1) is 13.1. The van der Waals surface area contributed by atoms with Crippen LogP contribution in [0.2, 0.25) is 0 Å². The lowest BCUT2D eigenvalue weighted by Gasteiger charge is -2.41. The zero-order valence-electron chi connectivity index (χ0n) is 20.3. The molecule has 5 nitrogen and oxygen atoms in total. The van der Waals surface area contributed by atoms with Gasteiger partial charge >= 0.3 is 5.97 Å². The summed E-state index contributed by atoms with van der Waals surface area (Å²) in [7, 11) is -3.08. The Morgan fingerprint density at radius 2 is 1.38 bits per heavy atom. The SMILES string of the molecule is CC(=O)O[C@H](CC(C)C)P1(=O)N(CC(C)(C)C)[C@@H]2CCCC[C@H]2N1CC(C)(C)C. The van der Waals surface area contributed by atoms with Gasteiger partial charge in [0, 0.05) is 32.1 Å². The highest BCUT2D eigenvalue weighted by Gasteiger charge is 2.60. The highest BCUT2D eigenvalue weighted by Crippen LogP contribution is 2.68. The summed E-state index contributed by atoms with van der Waals surface area (Å²) in [6, 6.07) is 0.586. The molecule has 1 saturated carbocycles. The van der Waals surface area contributed by atoms with Gasteiger partial charge in [0.2, 0.25) is 0 Å². The Bertz CT molecular complexity index is 585. The van der Waals surface area contributed by atoms with Crippen LogP contribution in [0, 0.1) is 16.7 Å². The first kappa shape index (κ1) is 24.9. The average molecular weight is 429 g/mol. The highest BCUT2D eigenvalue weighted by molar-refractivity contribution is 7.60. The second-order valence-electron chi connectivity index (χ2n) is 12.0. The number of rotatable bonds is 6. The molecule has 2 rings (SSSR count). The molecule has 0 spiro atoms. The zero-order chi connectivity index (χ0) is 22.2. The molecule has 0 amide bonds. The third-order valence-corrected chi connectivity index (χ3v) is 9.23. The number of carbonyl (C=O) groups excluding carboxylic acids is 1. The molecule has 1 aliphatic heterocycles. The molecule has 0 aromatic rings. The maximum atomic E-state index is 15.1. The van der Waals surface area contributed by atoms with Crippen LogP contribution in [-0.2, 0) is 14.1 Å². The van der Waals surface area contributed by atoms with Crippen LogP contribution >= 0.6 is 7.44 Å². The molecule has 0 aromatic heterocycles. The summed E-state index contributed by atoms with van der Waals surface area (Å²) in [5.74, 6) is -0.580. The van der Waals surface area contributed by atoms with Gasteiger partial charge in [0.25, 0.3) is 7.44 Å². The van der Waals surface area contributed by atoms with Crippen molar-refractivity contribution in [3.8, 4) is 0 Å². The van der Waals surface area contributed by atoms with Gasteiger partial charge in [-0.1, -0.05) is 68.2 Å². The van der Waals surface area contributed by atoms with Gasteiger partial charge in [-0.25, -0.2) is 9.34 Å². The Balaban J connectivity index is 2.60. The molecule has 0 N–H and O–H groups in total. The van der Waals surface area contributed by atoms with Crippen LogP contribution in [0.25, 0.3) is 0 Å². The second kappa shape index (κ2) is 9.01. The van der Waals surface area contributed by atoms with Crippen LogP contribution in [0.3, 0.4) is 0 Å². The average Bonchev–Trinajstić information content (AvgIpc) is 2.74. The van der Waals surface area contributed by atoms with Crippen molar-refractivity contribution in [3.63, 3.8) is 0 Å². The standard InChI is InChI=1S/C23H45N2O3P/c1-17(2)14-21(28-18(3)26)29(27)24(15-22(4,5)6)19-12-10-11-13-20(19)25(29)16-23(7,8)9/h17,19-21H,10-16H2,1-9H3/t19-,20-,21+/m1/s1. The number of ether oxygens (including phenoxy) is 1. The topological polar surface area (TPSA) is 49.9 Å². The minimum atomic E-state index is -3.08. The van der Waals surface area contributed by atoms with E-state index in [1.165, 1.54) is 19.8 Å². The van der Waals surface area contributed by atoms with E-state index in [0.29, 0.717) is 24.4 Å². The normalized spacial score (nSPS) is 27.1. The van der Waals surface area contributed by atoms with Crippen molar-refractivity contribution in [1.29, 1.82) is 0 Å². The molecule has 1 aliphatic carbocycles. The molecule has 29 heavy (non-hydrogen) atoms. The van der Waals surface area contributed by atoms with E-state index in [4.69, 9.17) is 4.74 Å². The van der Waals surface area contributed by atoms with E-state index >= 15 is 4.57 Å². The van der Waals surface area contributed by atoms with Crippen LogP contribution in [-0.4, -0.2) is 46.3 Å². The van der Waals surface area contributed by atoms with Gasteiger partial charge in [-0.3, -0.25) is 9.36 Å². The van der Waals surface area contributed by atoms with Gasteiger partial charge in [0.15, 0.2) is 5.85 Å². The third-order valence-electron chi connectivity index (χ3n) is 5.82. The van der Waals surface area contributed by atoms with Crippen LogP contribution in [0.1, 0.15) is 94.4 Å². The fraction of sp³-hybridized carbons (Fsp3) is 0.957. The quantitative estimate of drug-likeness (QED) is 0.376. The second-order valence-corrected chi connectivity index (χ2v) is 14.8. The van der Waals surface area contributed by atoms with Crippen LogP contribution in [0.4, 0.5) is 0 Å². The molecule has 3 atom stereocenters. The first-order valence-corrected chi connectivity index (χ1v) is 13.1. The van der Waals surface area contributed by atoms with Crippen LogP contribution < -0.4 is 0 Å². The minimum Gasteiger partial charge on any atom is -0.452 e. The van der Waals surface area contributed by atoms with E-state index in [9.17, 15) is 4.79 Å². The Morgan fingerprint density at radius 1 is 0.966 bits per heavy atom. The van der Waals surface area contributed by atoms with Gasteiger partial charge in [-0.05, 0) is 36.0 Å². The largest absolute Gasteiger partial charge is 0.452 e. The smallest absolute Gasteiger partial charge is 0.303 e. The number of carbonyl (C=O) groups is 1. The fourth-order valence-electron chi connectivity index (χ4n) is 4.95. The van der Waals surface area contributed by atoms with Gasteiger partial charge in [0.05, 0.1) is 0 Å². The molecule has 2 fully saturated rings. The predicted octanol–water partition coefficient (Wildman–Crippen LogP) is 6.14. The summed E-state index contributed by atoms with van der Waals surface area (Å²) >= 11 is 0. The lowest BCUT2D eigenvalue weighted by Crippen LogP contribution is -2.43. The van der Waals surface area contributed by atoms with E-state index in [1.54, 1.807) is 0 Å². The molecule has 1 saturated heterocycles. The molecule has 0 unspecified atom stereocenters. The molecule has 1 heterocycles. The maximum absolute atomic E-state index is 15.1. The van der Waals surface area contributed by atoms with Crippen molar-refractivity contribution >= 4 is 13.4 Å². The Labute approximate surface area is 179 Å². The Morgan fingerprint density at radius 3 is 1.69 bits per heavy atom. The van der Waals surface area contributed by atoms with E-state index < -0.39 is 13.3 Å². The Kier molecular flexibility index (Phi) is 7.73. The number of hydrogen-bond acceptors (Lipinski definition) is 3. The van der Waals surface area contributed by atoms with E-state index in [2.05, 4.69) is 64.7 Å². The summed E-state index contributed by atoms with van der Waals surface area (Å²) in [6.07, 6.45) is 5.18. The molecular weight excluding hydrogens is 383 g/mol. The lowest BCUT2D eigenvalue weighted by atomic mass is 9.87. The molecule has 170 valence electrons. The van der Waals surface area contributed by atoms with Gasteiger partial charge in [-0.2, -0.15) is 0 Å². The van der Waals surface area contributed by atoms with Crippen molar-refractivity contribution < 1.29 is 14.1 Å². The summed E-state index contributed by atoms with van der Waals surface area (Å²) in [6.45, 7) is 20.5. The monoisotopic (exact) mass is 428 g/mol. The van der Waals surface area contributed by atoms with Gasteiger partial charge in [0.1, 0.15) is 0 Å². The molecule has 0 aromatic carbocycles. The highest BCUT2D eigenvalue weighted by atomic mass is 31.2. The number of hydrogen-bond donors (Lipinski definition) is 0. The summed E-state index contributed by atoms with van der Waals surface area (Å²) < 4.78 is 25.6. The molecule has 6 heteroatoms. The number of esters is 1. The predicted molar refractivity (Wildman–Crippen MR) is 121 cm³/mol. The first-order valence-electron chi connectivity index (χ1n) is 11.5. The van der Waals surface area contributed by atoms with Crippen LogP contribution in [0.15, 0.2) is 0 Å². The lowest BCUT2D eigenvalue weighted by molar-refractivity contribution is -0.143. The van der Waals surface area contributed by atoms with Gasteiger partial charge in [-0.15, -0.1) is 0 Å². The number of fused-ring (bicyclic) bond motifs is 1. The van der Waals surface area contributed by atoms with Crippen molar-refractivity contribution in [3.05, 3.63) is 0 Å². The van der Waals surface area contributed by atoms with E-state index in [0.717, 1.165) is 25.9 Å². The van der Waals surface area contributed by atoms with Gasteiger partial charge < -0.3 is 4.74 Å². The summed E-state index contributed by atoms with van der Waals surface area (Å²) in [5.41, 5.74) is 0.0437. The fourth-order valence-corrected chi connectivity index (χ4v) is 9.53. The van der Waals surface area contributed by atoms with E-state index in [1.807, 2.05) is 0 Å². The number of nitrogens with zero attached hydrogens (tertiary/aromatic N) is 2. The van der Waals surface area contributed by atoms with Crippen molar-refractivity contribution in [1.82, 2.24) is 9.34 Å². The molecule has 0 radical (unpaired) electrons. The van der Waals surface area contributed by atoms with Crippen molar-refractivity contribution in [2.24, 2.45) is 16.7 Å². The van der Waals surface area contributed by atoms with E-state index in [-0.39, 0.29) is 16.8 Å². The molecular formula is C23H45N2O3P. The molecule has 0 bridgehead atoms. The zero-order valence-corrected chi connectivity index (χ0v) is 21.2. The Hall–Kier alpha value is -0.380. The molecule has 2 aliphatic rings. The maximum Gasteiger partial charge on any atom is 0.303 e. The summed E-state index contributed by atoms with van der Waals surface area (Å²) in [4.78, 5) is 12.1. The third kappa shape index (κ3) is 6.08. The van der Waals surface area contributed by atoms with Crippen LogP contribution in [0.5, 0.6) is 0 Å². The summed E-state index contributed by atoms with van der Waals surface area (Å²) in [5, 5.41) is 0. The van der Waals surface area contributed by atoms with Crippen molar-refractivity contribution in [2.75, 3.05) is 13.1 Å². The minimum absolute atomic E-state index is 0.0218.